The number of halogens is 1. The Kier molecular flexibility index (Phi) is 4.72. The van der Waals surface area contributed by atoms with Gasteiger partial charge in [0.2, 0.25) is 0 Å². The topological polar surface area (TPSA) is 48.4 Å². The molecule has 0 atom stereocenters. The second-order valence-electron chi connectivity index (χ2n) is 5.62. The lowest BCUT2D eigenvalue weighted by Crippen LogP contribution is -2.03. The van der Waals surface area contributed by atoms with Crippen molar-refractivity contribution in [1.82, 2.24) is 4.98 Å². The highest BCUT2D eigenvalue weighted by Gasteiger charge is 2.18. The predicted octanol–water partition coefficient (Wildman–Crippen LogP) is 4.90. The van der Waals surface area contributed by atoms with Crippen LogP contribution in [0.3, 0.4) is 0 Å². The third kappa shape index (κ3) is 3.09. The first-order chi connectivity index (χ1) is 12.0. The van der Waals surface area contributed by atoms with Gasteiger partial charge < -0.3 is 9.47 Å². The highest BCUT2D eigenvalue weighted by Crippen LogP contribution is 2.35. The number of ether oxygens (including phenoxy) is 2. The van der Waals surface area contributed by atoms with Gasteiger partial charge in [-0.3, -0.25) is 0 Å². The molecule has 0 aliphatic heterocycles. The van der Waals surface area contributed by atoms with Crippen LogP contribution in [0.5, 0.6) is 5.75 Å². The number of fused-ring (bicyclic) bond motifs is 1. The number of carbonyl (C=O) groups is 1. The maximum absolute atomic E-state index is 14.6. The second-order valence-corrected chi connectivity index (χ2v) is 6.62. The average molecular weight is 359 g/mol. The first kappa shape index (κ1) is 17.4. The molecule has 0 spiro atoms. The van der Waals surface area contributed by atoms with Crippen molar-refractivity contribution in [2.24, 2.45) is 0 Å². The van der Waals surface area contributed by atoms with Gasteiger partial charge in [-0.25, -0.2) is 14.2 Å². The van der Waals surface area contributed by atoms with E-state index in [4.69, 9.17) is 9.47 Å². The number of methoxy groups -OCH3 is 1. The minimum atomic E-state index is -0.399. The molecule has 2 aromatic carbocycles. The predicted molar refractivity (Wildman–Crippen MR) is 97.0 cm³/mol. The Hall–Kier alpha value is -2.47. The van der Waals surface area contributed by atoms with E-state index in [1.54, 1.807) is 26.0 Å². The Balaban J connectivity index is 2.15. The molecule has 25 heavy (non-hydrogen) atoms. The first-order valence-corrected chi connectivity index (χ1v) is 8.69. The van der Waals surface area contributed by atoms with Crippen molar-refractivity contribution in [3.8, 4) is 16.3 Å². The zero-order chi connectivity index (χ0) is 18.1. The van der Waals surface area contributed by atoms with Crippen LogP contribution in [0.1, 0.15) is 27.9 Å². The number of nitrogens with zero attached hydrogens (tertiary/aromatic N) is 1. The van der Waals surface area contributed by atoms with Gasteiger partial charge in [0, 0.05) is 10.9 Å². The van der Waals surface area contributed by atoms with Crippen LogP contribution in [0.2, 0.25) is 0 Å². The number of thiazole rings is 1. The molecule has 1 aromatic heterocycles. The highest BCUT2D eigenvalue weighted by molar-refractivity contribution is 7.17. The largest absolute Gasteiger partial charge is 0.494 e. The van der Waals surface area contributed by atoms with Gasteiger partial charge in [-0.2, -0.15) is 0 Å². The van der Waals surface area contributed by atoms with E-state index >= 15 is 0 Å². The molecule has 0 radical (unpaired) electrons. The lowest BCUT2D eigenvalue weighted by atomic mass is 10.0. The average Bonchev–Trinajstić information content (AvgIpc) is 2.98. The SMILES string of the molecule is CCOC(=O)c1sc(-c2cc(C)c3ccc(OC)c(F)c3c2)nc1C. The number of aromatic nitrogens is 1. The summed E-state index contributed by atoms with van der Waals surface area (Å²) in [5.41, 5.74) is 2.31. The van der Waals surface area contributed by atoms with Crippen molar-refractivity contribution in [1.29, 1.82) is 0 Å². The van der Waals surface area contributed by atoms with Crippen molar-refractivity contribution in [2.75, 3.05) is 13.7 Å². The molecule has 0 saturated heterocycles. The summed E-state index contributed by atoms with van der Waals surface area (Å²) in [7, 11) is 1.44. The molecule has 0 unspecified atom stereocenters. The Morgan fingerprint density at radius 1 is 1.24 bits per heavy atom. The van der Waals surface area contributed by atoms with Crippen molar-refractivity contribution >= 4 is 28.1 Å². The summed E-state index contributed by atoms with van der Waals surface area (Å²) in [6, 6.07) is 7.15. The summed E-state index contributed by atoms with van der Waals surface area (Å²) in [5, 5.41) is 1.95. The van der Waals surface area contributed by atoms with Gasteiger partial charge in [0.05, 0.1) is 19.4 Å². The second kappa shape index (κ2) is 6.80. The standard InChI is InChI=1S/C19H18FNO3S/c1-5-24-19(22)17-11(3)21-18(25-17)12-8-10(2)13-6-7-15(23-4)16(20)14(13)9-12/h6-9H,5H2,1-4H3. The fourth-order valence-corrected chi connectivity index (χ4v) is 3.70. The zero-order valence-corrected chi connectivity index (χ0v) is 15.3. The van der Waals surface area contributed by atoms with Crippen molar-refractivity contribution < 1.29 is 18.7 Å². The molecule has 3 aromatic rings. The Labute approximate surface area is 149 Å². The van der Waals surface area contributed by atoms with Crippen LogP contribution in [0, 0.1) is 19.7 Å². The van der Waals surface area contributed by atoms with Gasteiger partial charge in [0.25, 0.3) is 0 Å². The van der Waals surface area contributed by atoms with Crippen LogP contribution in [0.25, 0.3) is 21.3 Å². The molecule has 1 heterocycles. The molecular formula is C19H18FNO3S. The molecule has 0 amide bonds. The molecule has 3 rings (SSSR count). The molecule has 0 saturated carbocycles. The zero-order valence-electron chi connectivity index (χ0n) is 14.5. The van der Waals surface area contributed by atoms with E-state index < -0.39 is 5.82 Å². The number of esters is 1. The number of rotatable bonds is 4. The maximum atomic E-state index is 14.6. The molecule has 0 bridgehead atoms. The van der Waals surface area contributed by atoms with E-state index in [1.165, 1.54) is 18.4 Å². The summed E-state index contributed by atoms with van der Waals surface area (Å²) in [4.78, 5) is 16.9. The van der Waals surface area contributed by atoms with Crippen LogP contribution in [-0.4, -0.2) is 24.7 Å². The Bertz CT molecular complexity index is 965. The molecule has 0 N–H and O–H groups in total. The van der Waals surface area contributed by atoms with Crippen molar-refractivity contribution in [3.63, 3.8) is 0 Å². The van der Waals surface area contributed by atoms with E-state index in [0.717, 1.165) is 16.5 Å². The minimum absolute atomic E-state index is 0.201. The van der Waals surface area contributed by atoms with E-state index in [2.05, 4.69) is 4.98 Å². The number of hydrogen-bond donors (Lipinski definition) is 0. The van der Waals surface area contributed by atoms with E-state index in [0.29, 0.717) is 27.6 Å². The van der Waals surface area contributed by atoms with Gasteiger partial charge in [0.1, 0.15) is 9.88 Å². The molecule has 6 heteroatoms. The molecule has 0 fully saturated rings. The summed E-state index contributed by atoms with van der Waals surface area (Å²) < 4.78 is 24.8. The number of hydrogen-bond acceptors (Lipinski definition) is 5. The van der Waals surface area contributed by atoms with Crippen LogP contribution in [0.15, 0.2) is 24.3 Å². The third-order valence-corrected chi connectivity index (χ3v) is 5.15. The summed E-state index contributed by atoms with van der Waals surface area (Å²) in [6.45, 7) is 5.76. The van der Waals surface area contributed by atoms with Gasteiger partial charge >= 0.3 is 5.97 Å². The maximum Gasteiger partial charge on any atom is 0.350 e. The Morgan fingerprint density at radius 3 is 2.68 bits per heavy atom. The number of benzene rings is 2. The molecule has 4 nitrogen and oxygen atoms in total. The van der Waals surface area contributed by atoms with E-state index in [-0.39, 0.29) is 11.7 Å². The van der Waals surface area contributed by atoms with Gasteiger partial charge in [0.15, 0.2) is 11.6 Å². The first-order valence-electron chi connectivity index (χ1n) is 7.88. The smallest absolute Gasteiger partial charge is 0.350 e. The minimum Gasteiger partial charge on any atom is -0.494 e. The number of aryl methyl sites for hydroxylation is 2. The summed E-state index contributed by atoms with van der Waals surface area (Å²) >= 11 is 1.25. The Morgan fingerprint density at radius 2 is 2.00 bits per heavy atom. The third-order valence-electron chi connectivity index (χ3n) is 3.97. The molecule has 0 aliphatic rings. The van der Waals surface area contributed by atoms with E-state index in [9.17, 15) is 9.18 Å². The lowest BCUT2D eigenvalue weighted by Gasteiger charge is -2.09. The van der Waals surface area contributed by atoms with Crippen molar-refractivity contribution in [3.05, 3.63) is 46.2 Å². The highest BCUT2D eigenvalue weighted by atomic mass is 32.1. The van der Waals surface area contributed by atoms with E-state index in [1.807, 2.05) is 19.1 Å². The van der Waals surface area contributed by atoms with Crippen LogP contribution >= 0.6 is 11.3 Å². The van der Waals surface area contributed by atoms with Crippen molar-refractivity contribution in [2.45, 2.75) is 20.8 Å². The lowest BCUT2D eigenvalue weighted by molar-refractivity contribution is 0.0531. The van der Waals surface area contributed by atoms with Crippen LogP contribution in [-0.2, 0) is 4.74 Å². The quantitative estimate of drug-likeness (QED) is 0.621. The van der Waals surface area contributed by atoms with Crippen LogP contribution in [0.4, 0.5) is 4.39 Å². The molecule has 130 valence electrons. The molecular weight excluding hydrogens is 341 g/mol. The fourth-order valence-electron chi connectivity index (χ4n) is 2.75. The fraction of sp³-hybridized carbons (Fsp3) is 0.263. The van der Waals surface area contributed by atoms with Gasteiger partial charge in [-0.15, -0.1) is 11.3 Å². The van der Waals surface area contributed by atoms with Crippen LogP contribution < -0.4 is 4.74 Å². The normalized spacial score (nSPS) is 10.9. The van der Waals surface area contributed by atoms with Gasteiger partial charge in [-0.05, 0) is 49.9 Å². The summed E-state index contributed by atoms with van der Waals surface area (Å²) in [5.74, 6) is -0.579. The summed E-state index contributed by atoms with van der Waals surface area (Å²) in [6.07, 6.45) is 0. The number of carbonyl (C=O) groups excluding carboxylic acids is 1. The molecule has 0 aliphatic carbocycles. The van der Waals surface area contributed by atoms with Gasteiger partial charge in [-0.1, -0.05) is 6.07 Å². The monoisotopic (exact) mass is 359 g/mol.